The van der Waals surface area contributed by atoms with Crippen molar-refractivity contribution < 1.29 is 9.13 Å². The van der Waals surface area contributed by atoms with E-state index in [1.54, 1.807) is 36.2 Å². The van der Waals surface area contributed by atoms with Crippen LogP contribution in [0.3, 0.4) is 0 Å². The molecular weight excluding hydrogens is 473 g/mol. The van der Waals surface area contributed by atoms with E-state index in [9.17, 15) is 4.39 Å². The third-order valence-electron chi connectivity index (χ3n) is 7.20. The van der Waals surface area contributed by atoms with Crippen molar-refractivity contribution in [3.63, 3.8) is 0 Å². The van der Waals surface area contributed by atoms with E-state index in [1.807, 2.05) is 0 Å². The standard InChI is InChI=1S/C23H21ClFN9O/c1-27-15-5-13(25)19(24)17-18-21(30-20(15)17)31-23(35-11-6-28-16-2-3-29-34(16)8-11)32-22(18)33-7-10-4-14(26)12(10)9-33/h2-3,5-6,8,10,12,14,27H,4,7,9,26H2,1H3,(H,30,31,32)/t10-,12?,14-/m1/s1. The minimum atomic E-state index is -0.516. The minimum Gasteiger partial charge on any atom is -0.421 e. The predicted octanol–water partition coefficient (Wildman–Crippen LogP) is 3.56. The van der Waals surface area contributed by atoms with Crippen molar-refractivity contribution in [3.05, 3.63) is 41.6 Å². The molecule has 4 aromatic heterocycles. The fourth-order valence-corrected chi connectivity index (χ4v) is 5.66. The summed E-state index contributed by atoms with van der Waals surface area (Å²) < 4.78 is 22.4. The number of hydrogen-bond acceptors (Lipinski definition) is 8. The first-order valence-electron chi connectivity index (χ1n) is 11.4. The highest BCUT2D eigenvalue weighted by molar-refractivity contribution is 6.39. The highest BCUT2D eigenvalue weighted by atomic mass is 35.5. The van der Waals surface area contributed by atoms with Crippen LogP contribution >= 0.6 is 11.6 Å². The Morgan fingerprint density at radius 3 is 2.97 bits per heavy atom. The van der Waals surface area contributed by atoms with Crippen molar-refractivity contribution in [2.75, 3.05) is 30.4 Å². The monoisotopic (exact) mass is 493 g/mol. The largest absolute Gasteiger partial charge is 0.421 e. The summed E-state index contributed by atoms with van der Waals surface area (Å²) >= 11 is 6.50. The molecule has 1 unspecified atom stereocenters. The van der Waals surface area contributed by atoms with Crippen LogP contribution in [0.2, 0.25) is 5.02 Å². The number of ether oxygens (including phenoxy) is 1. The average molecular weight is 494 g/mol. The maximum Gasteiger partial charge on any atom is 0.326 e. The highest BCUT2D eigenvalue weighted by Gasteiger charge is 2.46. The van der Waals surface area contributed by atoms with Crippen LogP contribution < -0.4 is 20.7 Å². The number of nitrogens with one attached hydrogen (secondary N) is 2. The zero-order chi connectivity index (χ0) is 23.8. The number of nitrogens with zero attached hydrogens (tertiary/aromatic N) is 6. The first-order chi connectivity index (χ1) is 17.0. The third kappa shape index (κ3) is 3.04. The molecule has 0 amide bonds. The minimum absolute atomic E-state index is 0.0240. The molecule has 0 radical (unpaired) electrons. The molecular formula is C23H21ClFN9O. The lowest BCUT2D eigenvalue weighted by atomic mass is 9.72. The lowest BCUT2D eigenvalue weighted by Gasteiger charge is -2.36. The van der Waals surface area contributed by atoms with E-state index in [0.717, 1.165) is 19.5 Å². The second-order valence-corrected chi connectivity index (χ2v) is 9.53. The fourth-order valence-electron chi connectivity index (χ4n) is 5.41. The molecule has 1 aliphatic heterocycles. The quantitative estimate of drug-likeness (QED) is 0.347. The maximum absolute atomic E-state index is 14.8. The summed E-state index contributed by atoms with van der Waals surface area (Å²) in [7, 11) is 1.73. The molecule has 1 saturated heterocycles. The number of H-pyrrole nitrogens is 1. The molecule has 0 spiro atoms. The van der Waals surface area contributed by atoms with Crippen molar-refractivity contribution >= 4 is 50.7 Å². The van der Waals surface area contributed by atoms with Gasteiger partial charge in [-0.15, -0.1) is 0 Å². The Morgan fingerprint density at radius 1 is 1.29 bits per heavy atom. The number of halogens is 2. The molecule has 35 heavy (non-hydrogen) atoms. The second kappa shape index (κ2) is 7.40. The molecule has 10 nitrogen and oxygen atoms in total. The van der Waals surface area contributed by atoms with Crippen molar-refractivity contribution in [1.82, 2.24) is 29.5 Å². The fraction of sp³-hybridized carbons (Fsp3) is 0.304. The van der Waals surface area contributed by atoms with Crippen LogP contribution in [0.4, 0.5) is 15.9 Å². The molecule has 12 heteroatoms. The zero-order valence-electron chi connectivity index (χ0n) is 18.7. The van der Waals surface area contributed by atoms with Gasteiger partial charge in [0.2, 0.25) is 0 Å². The molecule has 2 aliphatic rings. The van der Waals surface area contributed by atoms with Gasteiger partial charge in [-0.1, -0.05) is 11.6 Å². The van der Waals surface area contributed by atoms with Crippen LogP contribution in [0.15, 0.2) is 30.7 Å². The van der Waals surface area contributed by atoms with Crippen LogP contribution in [-0.4, -0.2) is 55.7 Å². The Hall–Kier alpha value is -3.70. The Labute approximate surface area is 203 Å². The third-order valence-corrected chi connectivity index (χ3v) is 7.57. The van der Waals surface area contributed by atoms with Crippen molar-refractivity contribution in [1.29, 1.82) is 0 Å². The SMILES string of the molecule is CNc1cc(F)c(Cl)c2c1[nH]c1nc(Oc3cnc4ccnn4c3)nc(N3CC4[C@H](C[C@H]4N)C3)c12. The molecule has 178 valence electrons. The van der Waals surface area contributed by atoms with Gasteiger partial charge in [-0.25, -0.2) is 13.9 Å². The van der Waals surface area contributed by atoms with E-state index < -0.39 is 5.82 Å². The van der Waals surface area contributed by atoms with Crippen LogP contribution in [0, 0.1) is 17.7 Å². The smallest absolute Gasteiger partial charge is 0.326 e. The molecule has 7 rings (SSSR count). The molecule has 1 saturated carbocycles. The van der Waals surface area contributed by atoms with E-state index in [1.165, 1.54) is 6.07 Å². The summed E-state index contributed by atoms with van der Waals surface area (Å²) in [6.45, 7) is 1.57. The van der Waals surface area contributed by atoms with E-state index in [4.69, 9.17) is 27.1 Å². The summed E-state index contributed by atoms with van der Waals surface area (Å²) in [6.07, 6.45) is 5.95. The van der Waals surface area contributed by atoms with E-state index in [0.29, 0.717) is 56.7 Å². The Bertz CT molecular complexity index is 1630. The van der Waals surface area contributed by atoms with Gasteiger partial charge in [-0.2, -0.15) is 15.1 Å². The van der Waals surface area contributed by atoms with Gasteiger partial charge in [0.15, 0.2) is 11.4 Å². The first kappa shape index (κ1) is 20.7. The topological polar surface area (TPSA) is 122 Å². The maximum atomic E-state index is 14.8. The summed E-state index contributed by atoms with van der Waals surface area (Å²) in [4.78, 5) is 19.2. The molecule has 2 fully saturated rings. The average Bonchev–Trinajstić information content (AvgIpc) is 3.55. The highest BCUT2D eigenvalue weighted by Crippen LogP contribution is 2.46. The molecule has 5 aromatic rings. The van der Waals surface area contributed by atoms with Crippen LogP contribution in [0.25, 0.3) is 27.6 Å². The summed E-state index contributed by atoms with van der Waals surface area (Å²) in [5.41, 5.74) is 8.68. The molecule has 5 heterocycles. The van der Waals surface area contributed by atoms with Gasteiger partial charge in [0.25, 0.3) is 0 Å². The van der Waals surface area contributed by atoms with Gasteiger partial charge in [0, 0.05) is 43.7 Å². The van der Waals surface area contributed by atoms with Gasteiger partial charge >= 0.3 is 6.01 Å². The Balaban J connectivity index is 1.42. The normalized spacial score (nSPS) is 21.6. The molecule has 0 bridgehead atoms. The van der Waals surface area contributed by atoms with Gasteiger partial charge in [0.05, 0.1) is 40.2 Å². The number of anilines is 2. The summed E-state index contributed by atoms with van der Waals surface area (Å²) in [5.74, 6) is 1.47. The molecule has 1 aromatic carbocycles. The van der Waals surface area contributed by atoms with Crippen molar-refractivity contribution in [2.45, 2.75) is 12.5 Å². The van der Waals surface area contributed by atoms with E-state index in [-0.39, 0.29) is 17.1 Å². The van der Waals surface area contributed by atoms with Crippen molar-refractivity contribution in [2.24, 2.45) is 17.6 Å². The first-order valence-corrected chi connectivity index (χ1v) is 11.7. The second-order valence-electron chi connectivity index (χ2n) is 9.15. The van der Waals surface area contributed by atoms with Crippen LogP contribution in [-0.2, 0) is 0 Å². The molecule has 3 atom stereocenters. The van der Waals surface area contributed by atoms with Gasteiger partial charge < -0.3 is 25.7 Å². The molecule has 1 aliphatic carbocycles. The number of rotatable bonds is 4. The van der Waals surface area contributed by atoms with Crippen LogP contribution in [0.5, 0.6) is 11.8 Å². The number of nitrogens with two attached hydrogens (primary N) is 1. The molecule has 4 N–H and O–H groups in total. The number of aromatic amines is 1. The summed E-state index contributed by atoms with van der Waals surface area (Å²) in [6, 6.07) is 3.48. The Morgan fingerprint density at radius 2 is 2.17 bits per heavy atom. The van der Waals surface area contributed by atoms with Crippen LogP contribution in [0.1, 0.15) is 6.42 Å². The predicted molar refractivity (Wildman–Crippen MR) is 131 cm³/mol. The number of hydrogen-bond donors (Lipinski definition) is 3. The van der Waals surface area contributed by atoms with Gasteiger partial charge in [0.1, 0.15) is 17.3 Å². The number of fused-ring (bicyclic) bond motifs is 5. The van der Waals surface area contributed by atoms with E-state index in [2.05, 4.69) is 30.3 Å². The Kier molecular flexibility index (Phi) is 4.37. The van der Waals surface area contributed by atoms with Crippen molar-refractivity contribution in [3.8, 4) is 11.8 Å². The van der Waals surface area contributed by atoms with E-state index >= 15 is 0 Å². The number of aromatic nitrogens is 6. The lowest BCUT2D eigenvalue weighted by Crippen LogP contribution is -2.46. The zero-order valence-corrected chi connectivity index (χ0v) is 19.4. The van der Waals surface area contributed by atoms with Gasteiger partial charge in [-0.05, 0) is 18.3 Å². The van der Waals surface area contributed by atoms with Gasteiger partial charge in [-0.3, -0.25) is 0 Å². The lowest BCUT2D eigenvalue weighted by molar-refractivity contribution is 0.194. The summed E-state index contributed by atoms with van der Waals surface area (Å²) in [5, 5.41) is 8.45. The number of benzene rings is 1.